The minimum absolute atomic E-state index is 0.0152. The highest BCUT2D eigenvalue weighted by Crippen LogP contribution is 2.27. The predicted octanol–water partition coefficient (Wildman–Crippen LogP) is 2.36. The molecule has 4 nitrogen and oxygen atoms in total. The average Bonchev–Trinajstić information content (AvgIpc) is 2.82. The summed E-state index contributed by atoms with van der Waals surface area (Å²) < 4.78 is 0. The van der Waals surface area contributed by atoms with Crippen molar-refractivity contribution in [3.8, 4) is 0 Å². The van der Waals surface area contributed by atoms with E-state index in [2.05, 4.69) is 21.4 Å². The Bertz CT molecular complexity index is 587. The number of piperidine rings is 1. The minimum atomic E-state index is 0.0152. The van der Waals surface area contributed by atoms with Crippen LogP contribution in [-0.4, -0.2) is 28.8 Å². The van der Waals surface area contributed by atoms with E-state index in [0.717, 1.165) is 42.0 Å². The van der Waals surface area contributed by atoms with E-state index in [9.17, 15) is 4.79 Å². The molecule has 1 N–H and O–H groups in total. The molecule has 0 aromatic carbocycles. The zero-order chi connectivity index (χ0) is 12.5. The van der Waals surface area contributed by atoms with Gasteiger partial charge in [-0.2, -0.15) is 0 Å². The number of aromatic nitrogens is 2. The van der Waals surface area contributed by atoms with Gasteiger partial charge in [-0.25, -0.2) is 9.97 Å². The fourth-order valence-electron chi connectivity index (χ4n) is 2.33. The highest BCUT2D eigenvalue weighted by molar-refractivity contribution is 7.19. The van der Waals surface area contributed by atoms with E-state index in [0.29, 0.717) is 10.9 Å². The minimum Gasteiger partial charge on any atom is -0.317 e. The maximum Gasteiger partial charge on any atom is 0.188 e. The molecule has 1 aliphatic rings. The Morgan fingerprint density at radius 1 is 1.33 bits per heavy atom. The van der Waals surface area contributed by atoms with Crippen LogP contribution >= 0.6 is 11.3 Å². The Balaban J connectivity index is 1.96. The highest BCUT2D eigenvalue weighted by Gasteiger charge is 2.17. The van der Waals surface area contributed by atoms with Crippen LogP contribution in [0.25, 0.3) is 10.3 Å². The number of hydrogen-bond acceptors (Lipinski definition) is 5. The molecule has 0 radical (unpaired) electrons. The third-order valence-corrected chi connectivity index (χ3v) is 4.40. The van der Waals surface area contributed by atoms with Crippen LogP contribution < -0.4 is 5.32 Å². The third-order valence-electron chi connectivity index (χ3n) is 3.34. The van der Waals surface area contributed by atoms with Gasteiger partial charge in [-0.1, -0.05) is 11.3 Å². The van der Waals surface area contributed by atoms with Crippen molar-refractivity contribution in [2.75, 3.05) is 13.1 Å². The van der Waals surface area contributed by atoms with Crippen LogP contribution in [0.2, 0.25) is 0 Å². The van der Waals surface area contributed by atoms with Gasteiger partial charge in [0.1, 0.15) is 10.3 Å². The fourth-order valence-corrected chi connectivity index (χ4v) is 3.17. The number of rotatable bonds is 2. The number of carbonyl (C=O) groups excluding carboxylic acids is 1. The van der Waals surface area contributed by atoms with Gasteiger partial charge in [-0.15, -0.1) is 0 Å². The van der Waals surface area contributed by atoms with Gasteiger partial charge in [0.05, 0.1) is 0 Å². The van der Waals surface area contributed by atoms with E-state index in [1.54, 1.807) is 6.92 Å². The molecule has 0 aliphatic carbocycles. The third kappa shape index (κ3) is 2.15. The second-order valence-corrected chi connectivity index (χ2v) is 5.64. The van der Waals surface area contributed by atoms with Crippen molar-refractivity contribution >= 4 is 27.5 Å². The Labute approximate surface area is 109 Å². The smallest absolute Gasteiger partial charge is 0.188 e. The molecule has 0 spiro atoms. The van der Waals surface area contributed by atoms with E-state index in [1.807, 2.05) is 6.07 Å². The molecule has 0 bridgehead atoms. The van der Waals surface area contributed by atoms with Gasteiger partial charge in [0.25, 0.3) is 0 Å². The zero-order valence-electron chi connectivity index (χ0n) is 10.3. The van der Waals surface area contributed by atoms with Crippen molar-refractivity contribution in [3.63, 3.8) is 0 Å². The number of pyridine rings is 1. The number of nitrogens with one attached hydrogen (secondary N) is 1. The van der Waals surface area contributed by atoms with Gasteiger partial charge in [0.15, 0.2) is 10.8 Å². The molecule has 0 amide bonds. The second kappa shape index (κ2) is 4.74. The van der Waals surface area contributed by atoms with Crippen molar-refractivity contribution in [3.05, 3.63) is 22.8 Å². The number of thiazole rings is 1. The van der Waals surface area contributed by atoms with E-state index in [4.69, 9.17) is 0 Å². The number of nitrogens with zero attached hydrogens (tertiary/aromatic N) is 2. The molecule has 0 atom stereocenters. The van der Waals surface area contributed by atoms with Crippen molar-refractivity contribution in [2.24, 2.45) is 0 Å². The average molecular weight is 261 g/mol. The summed E-state index contributed by atoms with van der Waals surface area (Å²) in [6, 6.07) is 4.05. The molecule has 3 rings (SSSR count). The van der Waals surface area contributed by atoms with Crippen molar-refractivity contribution in [1.29, 1.82) is 0 Å². The summed E-state index contributed by atoms with van der Waals surface area (Å²) in [5, 5.41) is 3.91. The number of Topliss-reactive ketones (excluding diaryl/α,β-unsaturated/α-hetero) is 1. The maximum absolute atomic E-state index is 11.3. The van der Waals surface area contributed by atoms with Crippen LogP contribution in [0.5, 0.6) is 0 Å². The van der Waals surface area contributed by atoms with Gasteiger partial charge >= 0.3 is 0 Å². The molecule has 2 aromatic heterocycles. The quantitative estimate of drug-likeness (QED) is 0.843. The lowest BCUT2D eigenvalue weighted by Crippen LogP contribution is -2.26. The summed E-state index contributed by atoms with van der Waals surface area (Å²) in [6.45, 7) is 3.67. The first-order chi connectivity index (χ1) is 8.74. The Morgan fingerprint density at radius 3 is 2.83 bits per heavy atom. The maximum atomic E-state index is 11.3. The predicted molar refractivity (Wildman–Crippen MR) is 72.3 cm³/mol. The zero-order valence-corrected chi connectivity index (χ0v) is 11.1. The molecule has 0 saturated carbocycles. The van der Waals surface area contributed by atoms with Crippen molar-refractivity contribution in [2.45, 2.75) is 25.7 Å². The van der Waals surface area contributed by atoms with E-state index in [1.165, 1.54) is 11.3 Å². The van der Waals surface area contributed by atoms with Crippen LogP contribution in [0.3, 0.4) is 0 Å². The lowest BCUT2D eigenvalue weighted by molar-refractivity contribution is 0.101. The highest BCUT2D eigenvalue weighted by atomic mass is 32.1. The first-order valence-corrected chi connectivity index (χ1v) is 7.05. The first kappa shape index (κ1) is 11.7. The summed E-state index contributed by atoms with van der Waals surface area (Å²) in [4.78, 5) is 21.2. The van der Waals surface area contributed by atoms with Gasteiger partial charge in [-0.3, -0.25) is 4.79 Å². The first-order valence-electron chi connectivity index (χ1n) is 6.23. The molecule has 0 unspecified atom stereocenters. The molecule has 94 valence electrons. The lowest BCUT2D eigenvalue weighted by atomic mass is 9.94. The monoisotopic (exact) mass is 261 g/mol. The molecule has 3 heterocycles. The Kier molecular flexibility index (Phi) is 3.09. The standard InChI is InChI=1S/C13H15N3OS/c1-8(17)12-16-11-3-2-10(15-13(11)18-12)9-4-6-14-7-5-9/h2-3,9,14H,4-7H2,1H3. The van der Waals surface area contributed by atoms with Gasteiger partial charge in [0.2, 0.25) is 0 Å². The van der Waals surface area contributed by atoms with E-state index >= 15 is 0 Å². The van der Waals surface area contributed by atoms with Crippen LogP contribution in [-0.2, 0) is 0 Å². The lowest BCUT2D eigenvalue weighted by Gasteiger charge is -2.21. The summed E-state index contributed by atoms with van der Waals surface area (Å²) in [6.07, 6.45) is 2.27. The molecule has 1 fully saturated rings. The van der Waals surface area contributed by atoms with E-state index < -0.39 is 0 Å². The summed E-state index contributed by atoms with van der Waals surface area (Å²) in [5.74, 6) is 0.556. The molecule has 5 heteroatoms. The van der Waals surface area contributed by atoms with Gasteiger partial charge < -0.3 is 5.32 Å². The SMILES string of the molecule is CC(=O)c1nc2ccc(C3CCNCC3)nc2s1. The number of ketones is 1. The molecule has 18 heavy (non-hydrogen) atoms. The van der Waals surface area contributed by atoms with Crippen molar-refractivity contribution < 1.29 is 4.79 Å². The molecule has 1 saturated heterocycles. The number of fused-ring (bicyclic) bond motifs is 1. The molecule has 2 aromatic rings. The van der Waals surface area contributed by atoms with Crippen LogP contribution in [0, 0.1) is 0 Å². The summed E-state index contributed by atoms with van der Waals surface area (Å²) in [5.41, 5.74) is 1.98. The Hall–Kier alpha value is -1.33. The van der Waals surface area contributed by atoms with Gasteiger partial charge in [-0.05, 0) is 38.1 Å². The molecular weight excluding hydrogens is 246 g/mol. The second-order valence-electron chi connectivity index (χ2n) is 4.66. The number of carbonyl (C=O) groups is 1. The van der Waals surface area contributed by atoms with E-state index in [-0.39, 0.29) is 5.78 Å². The number of hydrogen-bond donors (Lipinski definition) is 1. The summed E-state index contributed by atoms with van der Waals surface area (Å²) in [7, 11) is 0. The van der Waals surface area contributed by atoms with Crippen LogP contribution in [0.4, 0.5) is 0 Å². The normalized spacial score (nSPS) is 17.2. The summed E-state index contributed by atoms with van der Waals surface area (Å²) >= 11 is 1.40. The van der Waals surface area contributed by atoms with Gasteiger partial charge in [0, 0.05) is 18.5 Å². The largest absolute Gasteiger partial charge is 0.317 e. The molecular formula is C13H15N3OS. The fraction of sp³-hybridized carbons (Fsp3) is 0.462. The van der Waals surface area contributed by atoms with Crippen LogP contribution in [0.1, 0.15) is 41.2 Å². The Morgan fingerprint density at radius 2 is 2.11 bits per heavy atom. The van der Waals surface area contributed by atoms with Crippen molar-refractivity contribution in [1.82, 2.24) is 15.3 Å². The van der Waals surface area contributed by atoms with Crippen LogP contribution in [0.15, 0.2) is 12.1 Å². The molecule has 1 aliphatic heterocycles. The topological polar surface area (TPSA) is 54.9 Å².